The number of nitrogens with zero attached hydrogens (tertiary/aromatic N) is 2. The molecule has 0 fully saturated rings. The Morgan fingerprint density at radius 1 is 1.06 bits per heavy atom. The molecule has 1 atom stereocenters. The quantitative estimate of drug-likeness (QED) is 0.379. The summed E-state index contributed by atoms with van der Waals surface area (Å²) >= 11 is 7.40. The molecule has 0 bridgehead atoms. The highest BCUT2D eigenvalue weighted by Gasteiger charge is 2.25. The third kappa shape index (κ3) is 4.63. The van der Waals surface area contributed by atoms with Gasteiger partial charge in [0, 0.05) is 0 Å². The highest BCUT2D eigenvalue weighted by Crippen LogP contribution is 2.29. The van der Waals surface area contributed by atoms with Crippen LogP contribution < -0.4 is 10.6 Å². The molecular weight excluding hydrogens is 452 g/mol. The van der Waals surface area contributed by atoms with Gasteiger partial charge in [0.15, 0.2) is 0 Å². The van der Waals surface area contributed by atoms with E-state index in [2.05, 4.69) is 20.8 Å². The van der Waals surface area contributed by atoms with Crippen LogP contribution in [0.2, 0.25) is 5.02 Å². The topological polar surface area (TPSA) is 106 Å². The second-order valence-electron chi connectivity index (χ2n) is 6.52. The molecule has 0 spiro atoms. The Labute approximate surface area is 192 Å². The van der Waals surface area contributed by atoms with Crippen LogP contribution in [0, 0.1) is 0 Å². The van der Waals surface area contributed by atoms with Crippen molar-refractivity contribution in [2.45, 2.75) is 6.04 Å². The molecule has 0 aliphatic heterocycles. The first kappa shape index (κ1) is 21.5. The third-order valence-corrected chi connectivity index (χ3v) is 5.71. The number of halogens is 1. The van der Waals surface area contributed by atoms with Gasteiger partial charge in [0.05, 0.1) is 23.4 Å². The van der Waals surface area contributed by atoms with Gasteiger partial charge >= 0.3 is 12.0 Å². The third-order valence-electron chi connectivity index (χ3n) is 4.48. The van der Waals surface area contributed by atoms with Crippen molar-refractivity contribution >= 4 is 40.6 Å². The van der Waals surface area contributed by atoms with Gasteiger partial charge < -0.3 is 19.8 Å². The van der Waals surface area contributed by atoms with Crippen LogP contribution in [0.4, 0.5) is 10.5 Å². The number of urea groups is 1. The van der Waals surface area contributed by atoms with Crippen LogP contribution in [0.15, 0.2) is 70.5 Å². The fourth-order valence-electron chi connectivity index (χ4n) is 2.98. The summed E-state index contributed by atoms with van der Waals surface area (Å²) in [6.07, 6.45) is 0. The number of rotatable bonds is 6. The molecule has 0 aliphatic carbocycles. The first-order chi connectivity index (χ1) is 15.6. The smallest absolute Gasteiger partial charge is 0.350 e. The fraction of sp³-hybridized carbons (Fsp3) is 0.0909. The largest absolute Gasteiger partial charge is 0.465 e. The molecule has 4 rings (SSSR count). The van der Waals surface area contributed by atoms with Crippen LogP contribution in [0.5, 0.6) is 0 Å². The Morgan fingerprint density at radius 2 is 1.81 bits per heavy atom. The fourth-order valence-corrected chi connectivity index (χ4v) is 3.96. The molecule has 2 N–H and O–H groups in total. The number of amides is 2. The molecule has 0 aliphatic rings. The number of hydrogen-bond acceptors (Lipinski definition) is 7. The number of nitrogens with one attached hydrogen (secondary N) is 2. The number of carbonyl (C=O) groups excluding carboxylic acids is 2. The van der Waals surface area contributed by atoms with Crippen LogP contribution in [0.25, 0.3) is 11.5 Å². The van der Waals surface area contributed by atoms with E-state index >= 15 is 0 Å². The summed E-state index contributed by atoms with van der Waals surface area (Å²) in [4.78, 5) is 24.9. The zero-order chi connectivity index (χ0) is 22.5. The number of esters is 1. The Kier molecular flexibility index (Phi) is 6.48. The summed E-state index contributed by atoms with van der Waals surface area (Å²) in [6, 6.07) is 16.6. The molecule has 0 radical (unpaired) electrons. The maximum Gasteiger partial charge on any atom is 0.350 e. The number of carbonyl (C=O) groups is 2. The van der Waals surface area contributed by atoms with E-state index in [0.717, 1.165) is 5.56 Å². The van der Waals surface area contributed by atoms with Gasteiger partial charge in [0.2, 0.25) is 11.8 Å². The molecule has 32 heavy (non-hydrogen) atoms. The number of anilines is 1. The van der Waals surface area contributed by atoms with Gasteiger partial charge in [0.1, 0.15) is 10.9 Å². The van der Waals surface area contributed by atoms with Crippen molar-refractivity contribution in [3.05, 3.63) is 87.4 Å². The van der Waals surface area contributed by atoms with Crippen molar-refractivity contribution in [1.82, 2.24) is 15.5 Å². The molecule has 0 saturated heterocycles. The highest BCUT2D eigenvalue weighted by atomic mass is 35.5. The zero-order valence-corrected chi connectivity index (χ0v) is 18.3. The molecule has 8 nitrogen and oxygen atoms in total. The summed E-state index contributed by atoms with van der Waals surface area (Å²) in [5.41, 5.74) is 1.66. The average molecular weight is 469 g/mol. The SMILES string of the molecule is COC(=O)c1sccc1NC(=O)N[C@@H](c1ccccc1)c1nnc(-c2ccccc2Cl)o1. The van der Waals surface area contributed by atoms with E-state index in [-0.39, 0.29) is 16.7 Å². The lowest BCUT2D eigenvalue weighted by Crippen LogP contribution is -2.33. The van der Waals surface area contributed by atoms with E-state index in [1.165, 1.54) is 18.4 Å². The maximum absolute atomic E-state index is 12.8. The molecule has 2 aromatic heterocycles. The van der Waals surface area contributed by atoms with Crippen LogP contribution >= 0.6 is 22.9 Å². The molecule has 0 unspecified atom stereocenters. The van der Waals surface area contributed by atoms with E-state index < -0.39 is 18.0 Å². The van der Waals surface area contributed by atoms with Crippen LogP contribution in [0.3, 0.4) is 0 Å². The minimum atomic E-state index is -0.736. The Balaban J connectivity index is 1.60. The molecule has 2 heterocycles. The van der Waals surface area contributed by atoms with E-state index in [1.807, 2.05) is 36.4 Å². The van der Waals surface area contributed by atoms with Crippen molar-refractivity contribution in [2.24, 2.45) is 0 Å². The maximum atomic E-state index is 12.8. The van der Waals surface area contributed by atoms with Gasteiger partial charge in [0.25, 0.3) is 0 Å². The summed E-state index contributed by atoms with van der Waals surface area (Å²) in [6.45, 7) is 0. The molecule has 4 aromatic rings. The lowest BCUT2D eigenvalue weighted by molar-refractivity contribution is 0.0607. The first-order valence-corrected chi connectivity index (χ1v) is 10.7. The predicted molar refractivity (Wildman–Crippen MR) is 121 cm³/mol. The number of methoxy groups -OCH3 is 1. The van der Waals surface area contributed by atoms with E-state index in [4.69, 9.17) is 20.8 Å². The minimum absolute atomic E-state index is 0.180. The second-order valence-corrected chi connectivity index (χ2v) is 7.85. The standard InChI is InChI=1S/C22H17ClN4O4S/c1-30-21(28)18-16(11-12-32-18)24-22(29)25-17(13-7-3-2-4-8-13)20-27-26-19(31-20)14-9-5-6-10-15(14)23/h2-12,17H,1H3,(H2,24,25,29)/t17-/m0/s1. The van der Waals surface area contributed by atoms with Gasteiger partial charge in [-0.3, -0.25) is 0 Å². The van der Waals surface area contributed by atoms with E-state index in [1.54, 1.807) is 29.6 Å². The summed E-state index contributed by atoms with van der Waals surface area (Å²) in [5, 5.41) is 15.9. The number of thiophene rings is 1. The molecule has 162 valence electrons. The van der Waals surface area contributed by atoms with Crippen LogP contribution in [0.1, 0.15) is 27.2 Å². The summed E-state index contributed by atoms with van der Waals surface area (Å²) < 4.78 is 10.6. The van der Waals surface area contributed by atoms with Crippen molar-refractivity contribution in [3.63, 3.8) is 0 Å². The van der Waals surface area contributed by atoms with E-state index in [0.29, 0.717) is 16.3 Å². The van der Waals surface area contributed by atoms with Gasteiger partial charge in [-0.15, -0.1) is 21.5 Å². The molecule has 10 heteroatoms. The molecule has 0 saturated carbocycles. The molecule has 2 amide bonds. The van der Waals surface area contributed by atoms with Gasteiger partial charge in [-0.2, -0.15) is 0 Å². The van der Waals surface area contributed by atoms with Crippen LogP contribution in [-0.4, -0.2) is 29.3 Å². The monoisotopic (exact) mass is 468 g/mol. The Bertz CT molecular complexity index is 1240. The van der Waals surface area contributed by atoms with E-state index in [9.17, 15) is 9.59 Å². The van der Waals surface area contributed by atoms with Crippen molar-refractivity contribution in [3.8, 4) is 11.5 Å². The van der Waals surface area contributed by atoms with Crippen LogP contribution in [-0.2, 0) is 4.74 Å². The lowest BCUT2D eigenvalue weighted by Gasteiger charge is -2.16. The predicted octanol–water partition coefficient (Wildman–Crippen LogP) is 5.15. The number of aromatic nitrogens is 2. The number of benzene rings is 2. The lowest BCUT2D eigenvalue weighted by atomic mass is 10.1. The van der Waals surface area contributed by atoms with Gasteiger partial charge in [-0.05, 0) is 29.1 Å². The average Bonchev–Trinajstić information content (AvgIpc) is 3.48. The molecular formula is C22H17ClN4O4S. The zero-order valence-electron chi connectivity index (χ0n) is 16.7. The normalized spacial score (nSPS) is 11.6. The Hall–Kier alpha value is -3.69. The number of ether oxygens (including phenoxy) is 1. The van der Waals surface area contributed by atoms with Gasteiger partial charge in [-0.25, -0.2) is 9.59 Å². The Morgan fingerprint density at radius 3 is 2.56 bits per heavy atom. The second kappa shape index (κ2) is 9.63. The summed E-state index contributed by atoms with van der Waals surface area (Å²) in [5.74, 6) is -0.115. The summed E-state index contributed by atoms with van der Waals surface area (Å²) in [7, 11) is 1.28. The van der Waals surface area contributed by atoms with Gasteiger partial charge in [-0.1, -0.05) is 54.1 Å². The van der Waals surface area contributed by atoms with Crippen molar-refractivity contribution in [1.29, 1.82) is 0 Å². The highest BCUT2D eigenvalue weighted by molar-refractivity contribution is 7.12. The van der Waals surface area contributed by atoms with Crippen molar-refractivity contribution < 1.29 is 18.7 Å². The minimum Gasteiger partial charge on any atom is -0.465 e. The molecule has 2 aromatic carbocycles. The first-order valence-electron chi connectivity index (χ1n) is 9.43. The number of hydrogen-bond donors (Lipinski definition) is 2. The van der Waals surface area contributed by atoms with Crippen molar-refractivity contribution in [2.75, 3.05) is 12.4 Å².